The molecule has 0 aromatic carbocycles. The second-order valence-electron chi connectivity index (χ2n) is 10.5. The maximum absolute atomic E-state index is 13.0. The predicted molar refractivity (Wildman–Crippen MR) is 155 cm³/mol. The van der Waals surface area contributed by atoms with Crippen LogP contribution in [0.2, 0.25) is 5.02 Å². The average molecular weight is 557 g/mol. The van der Waals surface area contributed by atoms with Gasteiger partial charge in [-0.2, -0.15) is 0 Å². The van der Waals surface area contributed by atoms with E-state index < -0.39 is 5.92 Å². The molecule has 0 bridgehead atoms. The lowest BCUT2D eigenvalue weighted by atomic mass is 9.73. The molecule has 218 valence electrons. The van der Waals surface area contributed by atoms with Gasteiger partial charge in [0.2, 0.25) is 17.7 Å². The van der Waals surface area contributed by atoms with Crippen molar-refractivity contribution in [1.82, 2.24) is 10.3 Å². The van der Waals surface area contributed by atoms with Crippen LogP contribution in [0.25, 0.3) is 0 Å². The van der Waals surface area contributed by atoms with E-state index >= 15 is 0 Å². The number of unbranched alkanes of at least 4 members (excludes halogenated alkanes) is 1. The Bertz CT molecular complexity index is 792. The van der Waals surface area contributed by atoms with Crippen LogP contribution in [0.3, 0.4) is 0 Å². The molecule has 1 amide bonds. The summed E-state index contributed by atoms with van der Waals surface area (Å²) in [6, 6.07) is 3.53. The van der Waals surface area contributed by atoms with E-state index in [2.05, 4.69) is 10.3 Å². The Hall–Kier alpha value is -1.69. The Morgan fingerprint density at radius 2 is 1.87 bits per heavy atom. The summed E-state index contributed by atoms with van der Waals surface area (Å²) in [5.41, 5.74) is 1.36. The molecule has 2 unspecified atom stereocenters. The van der Waals surface area contributed by atoms with Crippen LogP contribution in [0.1, 0.15) is 118 Å². The summed E-state index contributed by atoms with van der Waals surface area (Å²) in [5, 5.41) is 3.57. The van der Waals surface area contributed by atoms with Crippen LogP contribution in [-0.4, -0.2) is 23.4 Å². The van der Waals surface area contributed by atoms with Crippen LogP contribution >= 0.6 is 11.6 Å². The molecule has 2 saturated carbocycles. The fourth-order valence-corrected chi connectivity index (χ4v) is 4.47. The quantitative estimate of drug-likeness (QED) is 0.308. The summed E-state index contributed by atoms with van der Waals surface area (Å²) in [5.74, 6) is -0.250. The van der Waals surface area contributed by atoms with Crippen molar-refractivity contribution in [3.8, 4) is 5.88 Å². The molecule has 1 aliphatic heterocycles. The molecule has 4 rings (SSSR count). The molecule has 1 N–H and O–H groups in total. The maximum atomic E-state index is 13.0. The van der Waals surface area contributed by atoms with Gasteiger partial charge in [-0.05, 0) is 74.8 Å². The number of pyridine rings is 1. The van der Waals surface area contributed by atoms with Gasteiger partial charge in [-0.25, -0.2) is 13.8 Å². The molecule has 3 fully saturated rings. The van der Waals surface area contributed by atoms with Crippen molar-refractivity contribution >= 4 is 17.5 Å². The van der Waals surface area contributed by atoms with Gasteiger partial charge < -0.3 is 10.1 Å². The van der Waals surface area contributed by atoms with Crippen LogP contribution in [-0.2, 0) is 4.79 Å². The number of amides is 1. The standard InChI is InChI=1S/C10H10ClNO.C10H20F2.C9H15NO.C2H6/c11-9-4-5-10(12-6-9)13-7-8-2-1-3-8;1-4-6-7-10(11,12)8-9(3)5-2;11-9-8(5-2-6-10-9)7-3-1-4-7;1-2/h4-7H,1-3H2;9H,4-8H2,1-3H3;7-8H,1-6H2,(H,10,11);1-2H3. The first kappa shape index (κ1) is 34.3. The highest BCUT2D eigenvalue weighted by Gasteiger charge is 2.33. The highest BCUT2D eigenvalue weighted by molar-refractivity contribution is 6.30. The van der Waals surface area contributed by atoms with E-state index in [-0.39, 0.29) is 18.8 Å². The van der Waals surface area contributed by atoms with E-state index in [0.29, 0.717) is 29.1 Å². The average Bonchev–Trinajstić information content (AvgIpc) is 2.85. The number of halogens is 3. The summed E-state index contributed by atoms with van der Waals surface area (Å²) < 4.78 is 31.4. The number of alkyl halides is 2. The molecular formula is C31H51ClF2N2O2. The van der Waals surface area contributed by atoms with Crippen LogP contribution in [0.5, 0.6) is 5.88 Å². The van der Waals surface area contributed by atoms with Crippen molar-refractivity contribution in [2.75, 3.05) is 6.54 Å². The van der Waals surface area contributed by atoms with Crippen molar-refractivity contribution in [1.29, 1.82) is 0 Å². The molecule has 1 saturated heterocycles. The van der Waals surface area contributed by atoms with Crippen LogP contribution in [0, 0.1) is 17.8 Å². The van der Waals surface area contributed by atoms with Gasteiger partial charge in [0.15, 0.2) is 0 Å². The Morgan fingerprint density at radius 3 is 2.34 bits per heavy atom. The topological polar surface area (TPSA) is 51.2 Å². The minimum atomic E-state index is -2.43. The van der Waals surface area contributed by atoms with Gasteiger partial charge in [0.05, 0.1) is 11.3 Å². The molecule has 0 spiro atoms. The number of rotatable bonds is 9. The smallest absolute Gasteiger partial charge is 0.248 e. The number of allylic oxidation sites excluding steroid dienone is 1. The lowest BCUT2D eigenvalue weighted by Crippen LogP contribution is -2.41. The third-order valence-electron chi connectivity index (χ3n) is 7.33. The fraction of sp³-hybridized carbons (Fsp3) is 0.742. The van der Waals surface area contributed by atoms with Gasteiger partial charge in [-0.15, -0.1) is 0 Å². The predicted octanol–water partition coefficient (Wildman–Crippen LogP) is 9.77. The number of nitrogens with zero attached hydrogens (tertiary/aromatic N) is 1. The summed E-state index contributed by atoms with van der Waals surface area (Å²) in [7, 11) is 0. The Morgan fingerprint density at radius 1 is 1.16 bits per heavy atom. The van der Waals surface area contributed by atoms with Gasteiger partial charge in [0.25, 0.3) is 0 Å². The molecule has 0 radical (unpaired) electrons. The van der Waals surface area contributed by atoms with Crippen molar-refractivity contribution in [2.24, 2.45) is 17.8 Å². The van der Waals surface area contributed by atoms with Crippen LogP contribution in [0.15, 0.2) is 30.2 Å². The van der Waals surface area contributed by atoms with Crippen molar-refractivity contribution in [3.05, 3.63) is 35.2 Å². The van der Waals surface area contributed by atoms with Gasteiger partial charge >= 0.3 is 0 Å². The molecule has 3 aliphatic rings. The van der Waals surface area contributed by atoms with Gasteiger partial charge in [0, 0.05) is 37.6 Å². The Labute approximate surface area is 235 Å². The van der Waals surface area contributed by atoms with E-state index in [1.807, 2.05) is 34.6 Å². The number of aromatic nitrogens is 1. The number of hydrogen-bond acceptors (Lipinski definition) is 3. The molecule has 1 aromatic rings. The normalized spacial score (nSPS) is 19.4. The van der Waals surface area contributed by atoms with Crippen LogP contribution in [0.4, 0.5) is 8.78 Å². The molecule has 2 aliphatic carbocycles. The molecule has 7 heteroatoms. The summed E-state index contributed by atoms with van der Waals surface area (Å²) >= 11 is 5.68. The third kappa shape index (κ3) is 13.9. The molecule has 4 nitrogen and oxygen atoms in total. The molecule has 1 aromatic heterocycles. The van der Waals surface area contributed by atoms with Crippen molar-refractivity contribution < 1.29 is 18.3 Å². The third-order valence-corrected chi connectivity index (χ3v) is 7.55. The van der Waals surface area contributed by atoms with E-state index in [1.165, 1.54) is 37.7 Å². The van der Waals surface area contributed by atoms with E-state index in [4.69, 9.17) is 16.3 Å². The van der Waals surface area contributed by atoms with Crippen LogP contribution < -0.4 is 10.1 Å². The zero-order chi connectivity index (χ0) is 28.4. The lowest BCUT2D eigenvalue weighted by molar-refractivity contribution is -0.129. The Balaban J connectivity index is 0.000000277. The summed E-state index contributed by atoms with van der Waals surface area (Å²) in [6.07, 6.45) is 15.7. The SMILES string of the molecule is CC.CCCCC(F)(F)CC(C)CC.Clc1ccc(OC=C2CCC2)nc1.O=C1NCCCC1C1CCC1. The molecule has 2 atom stereocenters. The maximum Gasteiger partial charge on any atom is 0.248 e. The van der Waals surface area contributed by atoms with Gasteiger partial charge in [0.1, 0.15) is 0 Å². The first-order valence-corrected chi connectivity index (χ1v) is 15.2. The summed E-state index contributed by atoms with van der Waals surface area (Å²) in [6.45, 7) is 10.7. The number of ether oxygens (including phenoxy) is 1. The highest BCUT2D eigenvalue weighted by Crippen LogP contribution is 2.36. The number of nitrogens with one attached hydrogen (secondary N) is 1. The van der Waals surface area contributed by atoms with Gasteiger partial charge in [-0.3, -0.25) is 4.79 Å². The minimum absolute atomic E-state index is 0.0590. The largest absolute Gasteiger partial charge is 0.447 e. The van der Waals surface area contributed by atoms with Crippen molar-refractivity contribution in [3.63, 3.8) is 0 Å². The highest BCUT2D eigenvalue weighted by atomic mass is 35.5. The number of piperidine rings is 1. The summed E-state index contributed by atoms with van der Waals surface area (Å²) in [4.78, 5) is 15.3. The van der Waals surface area contributed by atoms with Crippen molar-refractivity contribution in [2.45, 2.75) is 124 Å². The lowest BCUT2D eigenvalue weighted by Gasteiger charge is -2.35. The minimum Gasteiger partial charge on any atom is -0.447 e. The molecule has 2 heterocycles. The Kier molecular flexibility index (Phi) is 17.5. The number of hydrogen-bond donors (Lipinski definition) is 1. The van der Waals surface area contributed by atoms with Gasteiger partial charge in [-0.1, -0.05) is 65.5 Å². The zero-order valence-corrected chi connectivity index (χ0v) is 25.1. The number of carbonyl (C=O) groups is 1. The second kappa shape index (κ2) is 19.4. The molecule has 38 heavy (non-hydrogen) atoms. The first-order valence-electron chi connectivity index (χ1n) is 14.9. The zero-order valence-electron chi connectivity index (χ0n) is 24.3. The van der Waals surface area contributed by atoms with E-state index in [9.17, 15) is 13.6 Å². The first-order chi connectivity index (χ1) is 18.2. The molecular weight excluding hydrogens is 506 g/mol. The second-order valence-corrected chi connectivity index (χ2v) is 10.9. The van der Waals surface area contributed by atoms with E-state index in [1.54, 1.807) is 24.6 Å². The number of carbonyl (C=O) groups excluding carboxylic acids is 1. The van der Waals surface area contributed by atoms with E-state index in [0.717, 1.165) is 44.6 Å². The monoisotopic (exact) mass is 556 g/mol. The fourth-order valence-electron chi connectivity index (χ4n) is 4.35.